The Bertz CT molecular complexity index is 686. The summed E-state index contributed by atoms with van der Waals surface area (Å²) < 4.78 is 0. The van der Waals surface area contributed by atoms with Gasteiger partial charge in [-0.3, -0.25) is 4.79 Å². The summed E-state index contributed by atoms with van der Waals surface area (Å²) in [6.07, 6.45) is 0. The summed E-state index contributed by atoms with van der Waals surface area (Å²) in [6.45, 7) is 3.90. The predicted molar refractivity (Wildman–Crippen MR) is 84.9 cm³/mol. The van der Waals surface area contributed by atoms with Crippen molar-refractivity contribution in [1.29, 1.82) is 0 Å². The molecule has 0 aliphatic carbocycles. The van der Waals surface area contributed by atoms with Gasteiger partial charge in [0.05, 0.1) is 16.6 Å². The van der Waals surface area contributed by atoms with Crippen LogP contribution >= 0.6 is 11.6 Å². The predicted octanol–water partition coefficient (Wildman–Crippen LogP) is 3.63. The number of hydrogen-bond acceptors (Lipinski definition) is 3. The van der Waals surface area contributed by atoms with Gasteiger partial charge in [0, 0.05) is 11.3 Å². The quantitative estimate of drug-likeness (QED) is 0.807. The highest BCUT2D eigenvalue weighted by molar-refractivity contribution is 6.34. The molecule has 2 rings (SSSR count). The molecule has 1 unspecified atom stereocenters. The van der Waals surface area contributed by atoms with Crippen LogP contribution in [0.3, 0.4) is 0 Å². The number of phenolic OH excluding ortho intramolecular Hbond substituents is 1. The van der Waals surface area contributed by atoms with Crippen molar-refractivity contribution >= 4 is 23.2 Å². The number of hydrogen-bond donors (Lipinski definition) is 3. The number of primary amides is 1. The molecular weight excluding hydrogens is 288 g/mol. The number of phenols is 1. The minimum Gasteiger partial charge on any atom is -0.508 e. The van der Waals surface area contributed by atoms with Crippen LogP contribution in [0.15, 0.2) is 36.4 Å². The van der Waals surface area contributed by atoms with Crippen molar-refractivity contribution in [3.8, 4) is 5.75 Å². The van der Waals surface area contributed by atoms with Gasteiger partial charge in [-0.15, -0.1) is 0 Å². The fourth-order valence-electron chi connectivity index (χ4n) is 2.15. The van der Waals surface area contributed by atoms with E-state index in [9.17, 15) is 9.90 Å². The third kappa shape index (κ3) is 3.47. The molecule has 1 amide bonds. The highest BCUT2D eigenvalue weighted by Crippen LogP contribution is 2.29. The van der Waals surface area contributed by atoms with Gasteiger partial charge in [-0.05, 0) is 38.1 Å². The van der Waals surface area contributed by atoms with E-state index in [4.69, 9.17) is 17.3 Å². The average Bonchev–Trinajstić information content (AvgIpc) is 2.41. The molecule has 4 nitrogen and oxygen atoms in total. The first-order valence-corrected chi connectivity index (χ1v) is 6.91. The zero-order valence-corrected chi connectivity index (χ0v) is 12.6. The van der Waals surface area contributed by atoms with Gasteiger partial charge in [-0.25, -0.2) is 0 Å². The van der Waals surface area contributed by atoms with Crippen molar-refractivity contribution in [2.75, 3.05) is 5.32 Å². The van der Waals surface area contributed by atoms with E-state index in [1.807, 2.05) is 26.0 Å². The zero-order valence-electron chi connectivity index (χ0n) is 11.9. The van der Waals surface area contributed by atoms with Crippen molar-refractivity contribution in [3.63, 3.8) is 0 Å². The van der Waals surface area contributed by atoms with Gasteiger partial charge < -0.3 is 16.2 Å². The SMILES string of the molecule is Cc1ccc(O)c(C(C)Nc2ccc(C(N)=O)c(Cl)c2)c1. The summed E-state index contributed by atoms with van der Waals surface area (Å²) >= 11 is 6.02. The fraction of sp³-hybridized carbons (Fsp3) is 0.188. The van der Waals surface area contributed by atoms with E-state index in [1.165, 1.54) is 0 Å². The number of amides is 1. The number of carbonyl (C=O) groups excluding carboxylic acids is 1. The second-order valence-electron chi connectivity index (χ2n) is 4.99. The van der Waals surface area contributed by atoms with Crippen LogP contribution in [0.5, 0.6) is 5.75 Å². The number of carbonyl (C=O) groups is 1. The minimum absolute atomic E-state index is 0.111. The fourth-order valence-corrected chi connectivity index (χ4v) is 2.43. The molecule has 0 aliphatic rings. The minimum atomic E-state index is -0.559. The van der Waals surface area contributed by atoms with Crippen molar-refractivity contribution in [3.05, 3.63) is 58.1 Å². The Labute approximate surface area is 128 Å². The monoisotopic (exact) mass is 304 g/mol. The van der Waals surface area contributed by atoms with E-state index in [0.29, 0.717) is 5.02 Å². The number of nitrogens with one attached hydrogen (secondary N) is 1. The van der Waals surface area contributed by atoms with Crippen LogP contribution < -0.4 is 11.1 Å². The molecule has 0 spiro atoms. The van der Waals surface area contributed by atoms with Crippen LogP contribution in [0.2, 0.25) is 5.02 Å². The summed E-state index contributed by atoms with van der Waals surface area (Å²) in [5.41, 5.74) is 8.12. The van der Waals surface area contributed by atoms with Crippen LogP contribution in [0.4, 0.5) is 5.69 Å². The summed E-state index contributed by atoms with van der Waals surface area (Å²) in [5, 5.41) is 13.5. The third-order valence-corrected chi connectivity index (χ3v) is 3.58. The lowest BCUT2D eigenvalue weighted by molar-refractivity contribution is 0.100. The smallest absolute Gasteiger partial charge is 0.250 e. The van der Waals surface area contributed by atoms with Crippen LogP contribution in [0, 0.1) is 6.92 Å². The maximum Gasteiger partial charge on any atom is 0.250 e. The van der Waals surface area contributed by atoms with E-state index in [0.717, 1.165) is 16.8 Å². The molecule has 0 bridgehead atoms. The van der Waals surface area contributed by atoms with Gasteiger partial charge in [-0.1, -0.05) is 29.3 Å². The first kappa shape index (κ1) is 15.2. The van der Waals surface area contributed by atoms with Gasteiger partial charge in [0.15, 0.2) is 0 Å². The molecule has 0 heterocycles. The van der Waals surface area contributed by atoms with E-state index in [1.54, 1.807) is 24.3 Å². The van der Waals surface area contributed by atoms with Gasteiger partial charge in [-0.2, -0.15) is 0 Å². The normalized spacial score (nSPS) is 12.0. The third-order valence-electron chi connectivity index (χ3n) is 3.27. The topological polar surface area (TPSA) is 75.3 Å². The van der Waals surface area contributed by atoms with Crippen LogP contribution in [0.25, 0.3) is 0 Å². The highest BCUT2D eigenvalue weighted by atomic mass is 35.5. The lowest BCUT2D eigenvalue weighted by Gasteiger charge is -2.18. The molecule has 0 aliphatic heterocycles. The summed E-state index contributed by atoms with van der Waals surface area (Å²) in [5.74, 6) is -0.323. The molecule has 21 heavy (non-hydrogen) atoms. The standard InChI is InChI=1S/C16H17ClN2O2/c1-9-3-6-15(20)13(7-9)10(2)19-11-4-5-12(16(18)21)14(17)8-11/h3-8,10,19-20H,1-2H3,(H2,18,21). The lowest BCUT2D eigenvalue weighted by Crippen LogP contribution is -2.12. The van der Waals surface area contributed by atoms with Crippen LogP contribution in [0.1, 0.15) is 34.5 Å². The molecule has 110 valence electrons. The maximum atomic E-state index is 11.1. The Hall–Kier alpha value is -2.20. The molecule has 0 saturated carbocycles. The molecule has 0 radical (unpaired) electrons. The van der Waals surface area contributed by atoms with E-state index in [-0.39, 0.29) is 17.4 Å². The summed E-state index contributed by atoms with van der Waals surface area (Å²) in [7, 11) is 0. The lowest BCUT2D eigenvalue weighted by atomic mass is 10.0. The molecule has 0 fully saturated rings. The van der Waals surface area contributed by atoms with Crippen molar-refractivity contribution in [2.24, 2.45) is 5.73 Å². The number of aromatic hydroxyl groups is 1. The van der Waals surface area contributed by atoms with Crippen molar-refractivity contribution < 1.29 is 9.90 Å². The maximum absolute atomic E-state index is 11.1. The molecular formula is C16H17ClN2O2. The van der Waals surface area contributed by atoms with Gasteiger partial charge in [0.25, 0.3) is 0 Å². The molecule has 5 heteroatoms. The Morgan fingerprint density at radius 2 is 2.00 bits per heavy atom. The number of benzene rings is 2. The van der Waals surface area contributed by atoms with Crippen LogP contribution in [-0.4, -0.2) is 11.0 Å². The molecule has 1 atom stereocenters. The first-order chi connectivity index (χ1) is 9.88. The Balaban J connectivity index is 2.23. The number of nitrogens with two attached hydrogens (primary N) is 1. The summed E-state index contributed by atoms with van der Waals surface area (Å²) in [6, 6.07) is 10.3. The van der Waals surface area contributed by atoms with Gasteiger partial charge in [0.2, 0.25) is 5.91 Å². The number of halogens is 1. The van der Waals surface area contributed by atoms with Crippen LogP contribution in [-0.2, 0) is 0 Å². The first-order valence-electron chi connectivity index (χ1n) is 6.54. The Morgan fingerprint density at radius 3 is 2.62 bits per heavy atom. The van der Waals surface area contributed by atoms with E-state index < -0.39 is 5.91 Å². The number of aryl methyl sites for hydroxylation is 1. The zero-order chi connectivity index (χ0) is 15.6. The molecule has 0 aromatic heterocycles. The second kappa shape index (κ2) is 6.06. The molecule has 4 N–H and O–H groups in total. The van der Waals surface area contributed by atoms with Gasteiger partial charge in [0.1, 0.15) is 5.75 Å². The molecule has 2 aromatic rings. The average molecular weight is 305 g/mol. The highest BCUT2D eigenvalue weighted by Gasteiger charge is 2.12. The number of anilines is 1. The Kier molecular flexibility index (Phi) is 4.38. The van der Waals surface area contributed by atoms with Gasteiger partial charge >= 0.3 is 0 Å². The second-order valence-corrected chi connectivity index (χ2v) is 5.39. The number of rotatable bonds is 4. The van der Waals surface area contributed by atoms with Crippen molar-refractivity contribution in [1.82, 2.24) is 0 Å². The largest absolute Gasteiger partial charge is 0.508 e. The van der Waals surface area contributed by atoms with E-state index >= 15 is 0 Å². The Morgan fingerprint density at radius 1 is 1.29 bits per heavy atom. The van der Waals surface area contributed by atoms with E-state index in [2.05, 4.69) is 5.32 Å². The summed E-state index contributed by atoms with van der Waals surface area (Å²) in [4.78, 5) is 11.1. The molecule has 0 saturated heterocycles. The van der Waals surface area contributed by atoms with Crippen molar-refractivity contribution in [2.45, 2.75) is 19.9 Å². The molecule has 2 aromatic carbocycles.